The van der Waals surface area contributed by atoms with Crippen LogP contribution >= 0.6 is 0 Å². The van der Waals surface area contributed by atoms with Crippen LogP contribution in [0.4, 0.5) is 8.78 Å². The minimum Gasteiger partial charge on any atom is -0.375 e. The van der Waals surface area contributed by atoms with Crippen LogP contribution in [0.5, 0.6) is 0 Å². The van der Waals surface area contributed by atoms with Crippen molar-refractivity contribution >= 4 is 0 Å². The lowest BCUT2D eigenvalue weighted by atomic mass is 9.66. The van der Waals surface area contributed by atoms with E-state index in [0.717, 1.165) is 51.3 Å². The molecule has 2 aromatic rings. The Morgan fingerprint density at radius 1 is 1.00 bits per heavy atom. The van der Waals surface area contributed by atoms with E-state index in [1.807, 2.05) is 12.4 Å². The highest BCUT2D eigenvalue weighted by Crippen LogP contribution is 2.49. The molecule has 0 unspecified atom stereocenters. The number of aromatic nitrogens is 1. The third kappa shape index (κ3) is 4.26. The minimum absolute atomic E-state index is 0.0210. The summed E-state index contributed by atoms with van der Waals surface area (Å²) in [5.74, 6) is -1.06. The molecule has 1 spiro atoms. The highest BCUT2D eigenvalue weighted by Gasteiger charge is 2.47. The molecule has 1 saturated heterocycles. The Labute approximate surface area is 165 Å². The lowest BCUT2D eigenvalue weighted by Gasteiger charge is -2.47. The third-order valence-corrected chi connectivity index (χ3v) is 6.49. The van der Waals surface area contributed by atoms with Crippen LogP contribution in [0.1, 0.15) is 56.1 Å². The van der Waals surface area contributed by atoms with Crippen LogP contribution in [0, 0.1) is 11.6 Å². The largest absolute Gasteiger partial charge is 0.375 e. The third-order valence-electron chi connectivity index (χ3n) is 6.49. The molecule has 0 amide bonds. The van der Waals surface area contributed by atoms with Crippen molar-refractivity contribution in [3.63, 3.8) is 0 Å². The number of hydrogen-bond donors (Lipinski definition) is 1. The minimum atomic E-state index is -0.530. The number of hydrogen-bond acceptors (Lipinski definition) is 3. The van der Waals surface area contributed by atoms with Crippen LogP contribution in [-0.4, -0.2) is 23.7 Å². The lowest BCUT2D eigenvalue weighted by Crippen LogP contribution is -2.47. The van der Waals surface area contributed by atoms with Gasteiger partial charge in [-0.15, -0.1) is 0 Å². The molecule has 1 saturated carbocycles. The number of rotatable bonds is 6. The van der Waals surface area contributed by atoms with E-state index in [-0.39, 0.29) is 11.0 Å². The van der Waals surface area contributed by atoms with Crippen LogP contribution in [0.25, 0.3) is 0 Å². The molecule has 0 bridgehead atoms. The number of nitrogens with one attached hydrogen (secondary N) is 1. The van der Waals surface area contributed by atoms with E-state index in [1.54, 1.807) is 0 Å². The Morgan fingerprint density at radius 2 is 1.71 bits per heavy atom. The number of ether oxygens (including phenoxy) is 1. The van der Waals surface area contributed by atoms with Gasteiger partial charge in [0.25, 0.3) is 0 Å². The van der Waals surface area contributed by atoms with Crippen LogP contribution in [0.2, 0.25) is 0 Å². The second kappa shape index (κ2) is 8.26. The summed E-state index contributed by atoms with van der Waals surface area (Å²) < 4.78 is 33.1. The fourth-order valence-electron chi connectivity index (χ4n) is 5.14. The van der Waals surface area contributed by atoms with Crippen LogP contribution in [0.3, 0.4) is 0 Å². The first-order valence-electron chi connectivity index (χ1n) is 10.3. The van der Waals surface area contributed by atoms with E-state index in [0.29, 0.717) is 12.1 Å². The van der Waals surface area contributed by atoms with Crippen molar-refractivity contribution in [1.82, 2.24) is 10.3 Å². The van der Waals surface area contributed by atoms with Gasteiger partial charge >= 0.3 is 0 Å². The predicted molar refractivity (Wildman–Crippen MR) is 105 cm³/mol. The molecule has 1 atom stereocenters. The zero-order valence-corrected chi connectivity index (χ0v) is 16.2. The van der Waals surface area contributed by atoms with Crippen molar-refractivity contribution in [3.05, 3.63) is 65.5 Å². The quantitative estimate of drug-likeness (QED) is 0.717. The Balaban J connectivity index is 1.45. The zero-order valence-electron chi connectivity index (χ0n) is 16.2. The first kappa shape index (κ1) is 19.5. The van der Waals surface area contributed by atoms with Gasteiger partial charge in [-0.05, 0) is 74.0 Å². The SMILES string of the molecule is Fc1cc(F)cc(CNCC[C@]2(c3ccncc3)CCOC3(CCCC3)C2)c1. The molecular formula is C23H28F2N2O. The van der Waals surface area contributed by atoms with E-state index in [2.05, 4.69) is 22.4 Å². The average Bonchev–Trinajstić information content (AvgIpc) is 3.13. The molecule has 1 aromatic heterocycles. The summed E-state index contributed by atoms with van der Waals surface area (Å²) in [5.41, 5.74) is 2.05. The molecule has 2 heterocycles. The molecule has 28 heavy (non-hydrogen) atoms. The summed E-state index contributed by atoms with van der Waals surface area (Å²) in [6.45, 7) is 2.04. The van der Waals surface area contributed by atoms with Gasteiger partial charge in [-0.25, -0.2) is 8.78 Å². The van der Waals surface area contributed by atoms with Crippen molar-refractivity contribution < 1.29 is 13.5 Å². The molecule has 1 aromatic carbocycles. The molecule has 150 valence electrons. The van der Waals surface area contributed by atoms with E-state index in [9.17, 15) is 8.78 Å². The molecule has 5 heteroatoms. The molecule has 0 radical (unpaired) electrons. The molecule has 2 fully saturated rings. The number of pyridine rings is 1. The van der Waals surface area contributed by atoms with Gasteiger partial charge in [0, 0.05) is 37.0 Å². The maximum atomic E-state index is 13.4. The number of nitrogens with zero attached hydrogens (tertiary/aromatic N) is 1. The van der Waals surface area contributed by atoms with Gasteiger partial charge in [-0.3, -0.25) is 4.98 Å². The van der Waals surface area contributed by atoms with Gasteiger partial charge in [0.1, 0.15) is 11.6 Å². The molecule has 2 aliphatic rings. The summed E-state index contributed by atoms with van der Waals surface area (Å²) in [6, 6.07) is 7.95. The Hall–Kier alpha value is -1.85. The summed E-state index contributed by atoms with van der Waals surface area (Å²) in [5, 5.41) is 3.39. The lowest BCUT2D eigenvalue weighted by molar-refractivity contribution is -0.103. The summed E-state index contributed by atoms with van der Waals surface area (Å²) in [4.78, 5) is 4.20. The molecule has 4 rings (SSSR count). The topological polar surface area (TPSA) is 34.2 Å². The van der Waals surface area contributed by atoms with Crippen LogP contribution in [0.15, 0.2) is 42.7 Å². The Morgan fingerprint density at radius 3 is 2.43 bits per heavy atom. The molecule has 3 nitrogen and oxygen atoms in total. The van der Waals surface area contributed by atoms with E-state index in [4.69, 9.17) is 4.74 Å². The average molecular weight is 386 g/mol. The predicted octanol–water partition coefficient (Wildman–Crippen LogP) is 4.90. The van der Waals surface area contributed by atoms with Crippen molar-refractivity contribution in [2.75, 3.05) is 13.2 Å². The smallest absolute Gasteiger partial charge is 0.126 e. The monoisotopic (exact) mass is 386 g/mol. The maximum absolute atomic E-state index is 13.4. The highest BCUT2D eigenvalue weighted by atomic mass is 19.1. The Kier molecular flexibility index (Phi) is 5.74. The zero-order chi connectivity index (χ0) is 19.5. The standard InChI is InChI=1S/C23H28F2N2O/c24-20-13-18(14-21(25)15-20)16-27-11-7-22(19-3-9-26-10-4-19)8-12-28-23(17-22)5-1-2-6-23/h3-4,9-10,13-15,27H,1-2,5-8,11-12,16-17H2/t22-/m0/s1. The van der Waals surface area contributed by atoms with Crippen molar-refractivity contribution in [2.45, 2.75) is 62.5 Å². The number of halogens is 2. The van der Waals surface area contributed by atoms with Crippen LogP contribution < -0.4 is 5.32 Å². The van der Waals surface area contributed by atoms with Gasteiger partial charge in [0.05, 0.1) is 5.60 Å². The first-order chi connectivity index (χ1) is 13.6. The fourth-order valence-corrected chi connectivity index (χ4v) is 5.14. The second-order valence-corrected chi connectivity index (χ2v) is 8.39. The summed E-state index contributed by atoms with van der Waals surface area (Å²) in [7, 11) is 0. The summed E-state index contributed by atoms with van der Waals surface area (Å²) in [6.07, 6.45) is 11.5. The van der Waals surface area contributed by atoms with Gasteiger partial charge in [-0.2, -0.15) is 0 Å². The molecule has 1 aliphatic heterocycles. The Bertz CT molecular complexity index is 772. The van der Waals surface area contributed by atoms with E-state index in [1.165, 1.54) is 30.5 Å². The summed E-state index contributed by atoms with van der Waals surface area (Å²) >= 11 is 0. The molecule has 1 N–H and O–H groups in total. The van der Waals surface area contributed by atoms with Crippen molar-refractivity contribution in [2.24, 2.45) is 0 Å². The second-order valence-electron chi connectivity index (χ2n) is 8.39. The van der Waals surface area contributed by atoms with Crippen molar-refractivity contribution in [3.8, 4) is 0 Å². The normalized spacial score (nSPS) is 23.9. The van der Waals surface area contributed by atoms with Gasteiger partial charge < -0.3 is 10.1 Å². The van der Waals surface area contributed by atoms with Crippen molar-refractivity contribution in [1.29, 1.82) is 0 Å². The molecule has 1 aliphatic carbocycles. The van der Waals surface area contributed by atoms with E-state index < -0.39 is 11.6 Å². The van der Waals surface area contributed by atoms with Crippen LogP contribution in [-0.2, 0) is 16.7 Å². The molecular weight excluding hydrogens is 358 g/mol. The van der Waals surface area contributed by atoms with Gasteiger partial charge in [-0.1, -0.05) is 12.8 Å². The number of benzene rings is 1. The fraction of sp³-hybridized carbons (Fsp3) is 0.522. The van der Waals surface area contributed by atoms with E-state index >= 15 is 0 Å². The van der Waals surface area contributed by atoms with Gasteiger partial charge in [0.2, 0.25) is 0 Å². The highest BCUT2D eigenvalue weighted by molar-refractivity contribution is 5.25. The van der Waals surface area contributed by atoms with Gasteiger partial charge in [0.15, 0.2) is 0 Å². The first-order valence-corrected chi connectivity index (χ1v) is 10.3. The maximum Gasteiger partial charge on any atom is 0.126 e.